The SMILES string of the molecule is [Si][Si][Si](C(Cl)Cl)[Si](CCl)(CCl)C(Cl)Cl. The van der Waals surface area contributed by atoms with Crippen molar-refractivity contribution < 1.29 is 0 Å². The van der Waals surface area contributed by atoms with Crippen LogP contribution in [0.2, 0.25) is 0 Å². The van der Waals surface area contributed by atoms with Crippen molar-refractivity contribution >= 4 is 103 Å². The molecule has 0 bridgehead atoms. The molecule has 0 atom stereocenters. The van der Waals surface area contributed by atoms with Gasteiger partial charge >= 0.3 is 0 Å². The zero-order valence-corrected chi connectivity index (χ0v) is 15.4. The van der Waals surface area contributed by atoms with Gasteiger partial charge < -0.3 is 0 Å². The third-order valence-corrected chi connectivity index (χ3v) is 34.6. The van der Waals surface area contributed by atoms with E-state index in [4.69, 9.17) is 69.6 Å². The molecule has 0 heterocycles. The van der Waals surface area contributed by atoms with Crippen molar-refractivity contribution in [1.29, 1.82) is 0 Å². The van der Waals surface area contributed by atoms with Crippen LogP contribution in [0.15, 0.2) is 0 Å². The van der Waals surface area contributed by atoms with Gasteiger partial charge in [0.05, 0.1) is 16.8 Å². The molecule has 0 unspecified atom stereocenters. The molecule has 0 amide bonds. The van der Waals surface area contributed by atoms with Gasteiger partial charge in [0.1, 0.15) is 7.59 Å². The summed E-state index contributed by atoms with van der Waals surface area (Å²) in [5.41, 5.74) is 0.797. The van der Waals surface area contributed by atoms with Gasteiger partial charge in [-0.1, -0.05) is 0 Å². The highest BCUT2D eigenvalue weighted by Gasteiger charge is 2.48. The molecule has 10 heteroatoms. The minimum atomic E-state index is -2.15. The summed E-state index contributed by atoms with van der Waals surface area (Å²) >= 11 is 35.6. The molecule has 0 aromatic carbocycles. The van der Waals surface area contributed by atoms with Crippen LogP contribution in [0.5, 0.6) is 0 Å². The lowest BCUT2D eigenvalue weighted by Crippen LogP contribution is -2.67. The number of alkyl halides is 6. The van der Waals surface area contributed by atoms with Crippen molar-refractivity contribution in [3.63, 3.8) is 0 Å². The second-order valence-electron chi connectivity index (χ2n) is 2.56. The summed E-state index contributed by atoms with van der Waals surface area (Å²) in [7, 11) is 0.645. The second kappa shape index (κ2) is 7.84. The first kappa shape index (κ1) is 16.6. The smallest absolute Gasteiger partial charge is 0.115 e. The Bertz CT molecular complexity index is 162. The maximum Gasteiger partial charge on any atom is 0.115 e. The molecule has 0 saturated heterocycles. The molecular weight excluding hydrogens is 373 g/mol. The van der Waals surface area contributed by atoms with Crippen molar-refractivity contribution in [3.05, 3.63) is 0 Å². The monoisotopic (exact) mass is 376 g/mol. The van der Waals surface area contributed by atoms with Gasteiger partial charge in [0.25, 0.3) is 0 Å². The standard InChI is InChI=1S/C4H6Cl6Si4/c5-1-14(2-6,4(9)10)13(12-11)3(7)8/h3-4H,1-2H2. The first-order valence-corrected chi connectivity index (χ1v) is 14.8. The van der Waals surface area contributed by atoms with E-state index in [2.05, 4.69) is 9.76 Å². The molecule has 0 aliphatic carbocycles. The highest BCUT2D eigenvalue weighted by molar-refractivity contribution is 7.64. The summed E-state index contributed by atoms with van der Waals surface area (Å²) < 4.78 is -0.963. The lowest BCUT2D eigenvalue weighted by molar-refractivity contribution is 1.61. The minimum Gasteiger partial charge on any atom is -0.130 e. The van der Waals surface area contributed by atoms with Gasteiger partial charge in [0.15, 0.2) is 0 Å². The summed E-state index contributed by atoms with van der Waals surface area (Å²) in [6.45, 7) is 0. The molecule has 6 radical (unpaired) electrons. The summed E-state index contributed by atoms with van der Waals surface area (Å²) in [4.78, 5) is 0. The first-order valence-electron chi connectivity index (χ1n) is 3.44. The molecule has 0 aromatic rings. The zero-order chi connectivity index (χ0) is 11.4. The topological polar surface area (TPSA) is 0 Å². The number of rotatable bonds is 6. The second-order valence-corrected chi connectivity index (χ2v) is 23.6. The molecule has 0 saturated carbocycles. The van der Waals surface area contributed by atoms with Crippen LogP contribution in [0.1, 0.15) is 0 Å². The Balaban J connectivity index is 4.93. The van der Waals surface area contributed by atoms with E-state index in [0.717, 1.165) is 0 Å². The van der Waals surface area contributed by atoms with Crippen molar-refractivity contribution in [2.75, 3.05) is 11.0 Å². The van der Waals surface area contributed by atoms with E-state index in [1.54, 1.807) is 0 Å². The van der Waals surface area contributed by atoms with Crippen LogP contribution in [0.3, 0.4) is 0 Å². The van der Waals surface area contributed by atoms with Gasteiger partial charge in [-0.3, -0.25) is 0 Å². The third kappa shape index (κ3) is 3.82. The van der Waals surface area contributed by atoms with E-state index in [1.807, 2.05) is 0 Å². The molecule has 14 heavy (non-hydrogen) atoms. The Morgan fingerprint density at radius 2 is 1.57 bits per heavy atom. The van der Waals surface area contributed by atoms with Crippen LogP contribution in [0, 0.1) is 0 Å². The Morgan fingerprint density at radius 3 is 1.64 bits per heavy atom. The quantitative estimate of drug-likeness (QED) is 0.492. The van der Waals surface area contributed by atoms with Crippen LogP contribution in [-0.4, -0.2) is 53.7 Å². The lowest BCUT2D eigenvalue weighted by Gasteiger charge is -2.35. The van der Waals surface area contributed by atoms with Gasteiger partial charge in [-0.15, -0.1) is 69.6 Å². The van der Waals surface area contributed by atoms with E-state index in [1.165, 1.54) is 0 Å². The molecule has 80 valence electrons. The van der Waals surface area contributed by atoms with Gasteiger partial charge in [-0.05, 0) is 0 Å². The van der Waals surface area contributed by atoms with Crippen LogP contribution < -0.4 is 0 Å². The zero-order valence-electron chi connectivity index (χ0n) is 6.84. The van der Waals surface area contributed by atoms with Crippen molar-refractivity contribution in [1.82, 2.24) is 0 Å². The van der Waals surface area contributed by atoms with Crippen molar-refractivity contribution in [2.45, 2.75) is 8.92 Å². The molecular formula is C4H6Cl6Si4. The molecule has 0 aromatic heterocycles. The number of halogens is 6. The highest BCUT2D eigenvalue weighted by atomic mass is 35.5. The average Bonchev–Trinajstić information content (AvgIpc) is 2.12. The molecule has 0 nitrogen and oxygen atoms in total. The van der Waals surface area contributed by atoms with E-state index in [0.29, 0.717) is 19.6 Å². The van der Waals surface area contributed by atoms with Crippen molar-refractivity contribution in [2.24, 2.45) is 0 Å². The van der Waals surface area contributed by atoms with E-state index in [9.17, 15) is 0 Å². The largest absolute Gasteiger partial charge is 0.130 e. The Hall–Kier alpha value is 2.61. The van der Waals surface area contributed by atoms with Gasteiger partial charge in [-0.2, -0.15) is 0 Å². The van der Waals surface area contributed by atoms with E-state index >= 15 is 0 Å². The Morgan fingerprint density at radius 1 is 1.14 bits per heavy atom. The molecule has 0 aliphatic rings. The normalized spacial score (nSPS) is 13.3. The molecule has 0 fully saturated rings. The number of hydrogen-bond acceptors (Lipinski definition) is 0. The van der Waals surface area contributed by atoms with Crippen LogP contribution >= 0.6 is 69.6 Å². The van der Waals surface area contributed by atoms with Gasteiger partial charge in [0, 0.05) is 29.3 Å². The van der Waals surface area contributed by atoms with Crippen LogP contribution in [-0.2, 0) is 0 Å². The fourth-order valence-corrected chi connectivity index (χ4v) is 38.1. The van der Waals surface area contributed by atoms with Crippen LogP contribution in [0.25, 0.3) is 0 Å². The van der Waals surface area contributed by atoms with E-state index in [-0.39, 0.29) is 0 Å². The fourth-order valence-electron chi connectivity index (χ4n) is 0.810. The first-order chi connectivity index (χ1) is 6.46. The summed E-state index contributed by atoms with van der Waals surface area (Å²) in [6.07, 6.45) is 0. The summed E-state index contributed by atoms with van der Waals surface area (Å²) in [5.74, 6) is 0. The van der Waals surface area contributed by atoms with Crippen LogP contribution in [0.4, 0.5) is 0 Å². The predicted octanol–water partition coefficient (Wildman–Crippen LogP) is 2.53. The number of hydrogen-bond donors (Lipinski definition) is 0. The maximum atomic E-state index is 5.97. The summed E-state index contributed by atoms with van der Waals surface area (Å²) in [5, 5.41) is 0. The minimum absolute atomic E-state index is 0.399. The predicted molar refractivity (Wildman–Crippen MR) is 75.4 cm³/mol. The van der Waals surface area contributed by atoms with E-state index < -0.39 is 24.3 Å². The molecule has 0 rings (SSSR count). The fraction of sp³-hybridized carbons (Fsp3) is 1.00. The lowest BCUT2D eigenvalue weighted by atomic mass is 11.8. The highest BCUT2D eigenvalue weighted by Crippen LogP contribution is 2.28. The van der Waals surface area contributed by atoms with Crippen molar-refractivity contribution in [3.8, 4) is 0 Å². The van der Waals surface area contributed by atoms with Gasteiger partial charge in [-0.25, -0.2) is 0 Å². The summed E-state index contributed by atoms with van der Waals surface area (Å²) in [6, 6.07) is 0. The average molecular weight is 379 g/mol. The van der Waals surface area contributed by atoms with Gasteiger partial charge in [0.2, 0.25) is 0 Å². The molecule has 0 N–H and O–H groups in total. The maximum absolute atomic E-state index is 5.97. The third-order valence-electron chi connectivity index (χ3n) is 1.78. The molecule has 0 aliphatic heterocycles. The Kier molecular flexibility index (Phi) is 9.30. The molecule has 0 spiro atoms. The Labute approximate surface area is 122 Å².